The van der Waals surface area contributed by atoms with Crippen molar-refractivity contribution < 1.29 is 31.5 Å². The van der Waals surface area contributed by atoms with Crippen LogP contribution < -0.4 is 0 Å². The van der Waals surface area contributed by atoms with Gasteiger partial charge in [0.25, 0.3) is 0 Å². The predicted octanol–water partition coefficient (Wildman–Crippen LogP) is 1.48. The van der Waals surface area contributed by atoms with Crippen molar-refractivity contribution in [1.29, 1.82) is 0 Å². The minimum atomic E-state index is -4.62. The summed E-state index contributed by atoms with van der Waals surface area (Å²) in [6.07, 6.45) is -4.62. The molecule has 1 aromatic rings. The SMILES string of the molecule is C[C@@H](C(=O)O)N1CCN(S(=O)(=O)c2cccc(C(F)(F)F)c2)CC1. The number of nitrogens with zero attached hydrogens (tertiary/aromatic N) is 2. The second-order valence-corrected chi connectivity index (χ2v) is 7.42. The number of carbonyl (C=O) groups is 1. The van der Waals surface area contributed by atoms with Crippen LogP contribution in [-0.4, -0.2) is 60.9 Å². The quantitative estimate of drug-likeness (QED) is 0.874. The Bertz CT molecular complexity index is 713. The van der Waals surface area contributed by atoms with Gasteiger partial charge in [0.05, 0.1) is 10.5 Å². The van der Waals surface area contributed by atoms with Gasteiger partial charge in [-0.3, -0.25) is 9.69 Å². The van der Waals surface area contributed by atoms with Gasteiger partial charge in [-0.05, 0) is 25.1 Å². The van der Waals surface area contributed by atoms with Gasteiger partial charge in [0.2, 0.25) is 10.0 Å². The third-order valence-corrected chi connectivity index (χ3v) is 5.87. The second kappa shape index (κ2) is 6.69. The Morgan fingerprint density at radius 3 is 2.29 bits per heavy atom. The van der Waals surface area contributed by atoms with E-state index in [9.17, 15) is 26.4 Å². The molecule has 0 amide bonds. The average Bonchev–Trinajstić information content (AvgIpc) is 2.53. The molecule has 2 rings (SSSR count). The molecule has 0 aliphatic carbocycles. The van der Waals surface area contributed by atoms with Crippen molar-refractivity contribution in [3.63, 3.8) is 0 Å². The van der Waals surface area contributed by atoms with E-state index >= 15 is 0 Å². The molecule has 134 valence electrons. The number of carboxylic acids is 1. The molecular formula is C14H17F3N2O4S. The lowest BCUT2D eigenvalue weighted by Crippen LogP contribution is -2.53. The zero-order valence-corrected chi connectivity index (χ0v) is 13.6. The highest BCUT2D eigenvalue weighted by Gasteiger charge is 2.35. The minimum Gasteiger partial charge on any atom is -0.480 e. The lowest BCUT2D eigenvalue weighted by atomic mass is 10.2. The fourth-order valence-corrected chi connectivity index (χ4v) is 3.94. The number of benzene rings is 1. The smallest absolute Gasteiger partial charge is 0.416 e. The van der Waals surface area contributed by atoms with Crippen molar-refractivity contribution in [2.45, 2.75) is 24.0 Å². The zero-order valence-electron chi connectivity index (χ0n) is 12.8. The average molecular weight is 366 g/mol. The first-order valence-corrected chi connectivity index (χ1v) is 8.62. The fourth-order valence-electron chi connectivity index (χ4n) is 2.47. The first-order valence-electron chi connectivity index (χ1n) is 7.18. The molecule has 0 aromatic heterocycles. The molecule has 0 saturated carbocycles. The van der Waals surface area contributed by atoms with Crippen molar-refractivity contribution in [1.82, 2.24) is 9.21 Å². The highest BCUT2D eigenvalue weighted by Crippen LogP contribution is 2.31. The Kier molecular flexibility index (Phi) is 5.21. The maximum absolute atomic E-state index is 12.7. The number of hydrogen-bond acceptors (Lipinski definition) is 4. The van der Waals surface area contributed by atoms with Crippen LogP contribution in [0.4, 0.5) is 13.2 Å². The number of aliphatic carboxylic acids is 1. The first kappa shape index (κ1) is 18.7. The number of hydrogen-bond donors (Lipinski definition) is 1. The molecule has 1 heterocycles. The predicted molar refractivity (Wildman–Crippen MR) is 78.9 cm³/mol. The number of alkyl halides is 3. The third kappa shape index (κ3) is 3.87. The number of piperazine rings is 1. The Morgan fingerprint density at radius 2 is 1.79 bits per heavy atom. The molecule has 6 nitrogen and oxygen atoms in total. The topological polar surface area (TPSA) is 77.9 Å². The summed E-state index contributed by atoms with van der Waals surface area (Å²) in [5.41, 5.74) is -1.03. The molecular weight excluding hydrogens is 349 g/mol. The van der Waals surface area contributed by atoms with Crippen molar-refractivity contribution in [3.8, 4) is 0 Å². The van der Waals surface area contributed by atoms with E-state index in [4.69, 9.17) is 5.11 Å². The Balaban J connectivity index is 2.17. The highest BCUT2D eigenvalue weighted by molar-refractivity contribution is 7.89. The Hall–Kier alpha value is -1.65. The van der Waals surface area contributed by atoms with Crippen LogP contribution in [0.25, 0.3) is 0 Å². The summed E-state index contributed by atoms with van der Waals surface area (Å²) >= 11 is 0. The first-order chi connectivity index (χ1) is 11.0. The molecule has 1 aliphatic heterocycles. The molecule has 0 spiro atoms. The van der Waals surface area contributed by atoms with Gasteiger partial charge in [0.1, 0.15) is 6.04 Å². The normalized spacial score (nSPS) is 19.2. The van der Waals surface area contributed by atoms with E-state index in [1.165, 1.54) is 6.92 Å². The zero-order chi connectivity index (χ0) is 18.1. The number of rotatable bonds is 4. The largest absolute Gasteiger partial charge is 0.480 e. The van der Waals surface area contributed by atoms with Gasteiger partial charge in [-0.15, -0.1) is 0 Å². The molecule has 24 heavy (non-hydrogen) atoms. The van der Waals surface area contributed by atoms with E-state index < -0.39 is 38.7 Å². The number of sulfonamides is 1. The molecule has 1 N–H and O–H groups in total. The highest BCUT2D eigenvalue weighted by atomic mass is 32.2. The van der Waals surface area contributed by atoms with Crippen LogP contribution in [0, 0.1) is 0 Å². The van der Waals surface area contributed by atoms with Gasteiger partial charge in [0, 0.05) is 26.2 Å². The van der Waals surface area contributed by atoms with Gasteiger partial charge < -0.3 is 5.11 Å². The molecule has 1 fully saturated rings. The van der Waals surface area contributed by atoms with Crippen LogP contribution >= 0.6 is 0 Å². The van der Waals surface area contributed by atoms with E-state index in [1.807, 2.05) is 0 Å². The van der Waals surface area contributed by atoms with Crippen LogP contribution in [-0.2, 0) is 21.0 Å². The van der Waals surface area contributed by atoms with Crippen molar-refractivity contribution in [2.75, 3.05) is 26.2 Å². The maximum Gasteiger partial charge on any atom is 0.416 e. The lowest BCUT2D eigenvalue weighted by Gasteiger charge is -2.35. The molecule has 10 heteroatoms. The summed E-state index contributed by atoms with van der Waals surface area (Å²) in [6.45, 7) is 1.95. The van der Waals surface area contributed by atoms with Crippen LogP contribution in [0.5, 0.6) is 0 Å². The summed E-state index contributed by atoms with van der Waals surface area (Å²) < 4.78 is 64.3. The minimum absolute atomic E-state index is 0.0240. The summed E-state index contributed by atoms with van der Waals surface area (Å²) in [4.78, 5) is 12.1. The van der Waals surface area contributed by atoms with Crippen LogP contribution in [0.15, 0.2) is 29.2 Å². The summed E-state index contributed by atoms with van der Waals surface area (Å²) in [7, 11) is -4.05. The van der Waals surface area contributed by atoms with Crippen molar-refractivity contribution >= 4 is 16.0 Å². The maximum atomic E-state index is 12.7. The van der Waals surface area contributed by atoms with E-state index in [0.717, 1.165) is 22.5 Å². The lowest BCUT2D eigenvalue weighted by molar-refractivity contribution is -0.143. The summed E-state index contributed by atoms with van der Waals surface area (Å²) in [6, 6.07) is 2.85. The van der Waals surface area contributed by atoms with Crippen LogP contribution in [0.1, 0.15) is 12.5 Å². The van der Waals surface area contributed by atoms with Crippen LogP contribution in [0.2, 0.25) is 0 Å². The van der Waals surface area contributed by atoms with Crippen molar-refractivity contribution in [3.05, 3.63) is 29.8 Å². The second-order valence-electron chi connectivity index (χ2n) is 5.48. The van der Waals surface area contributed by atoms with E-state index in [-0.39, 0.29) is 26.2 Å². The molecule has 1 saturated heterocycles. The Morgan fingerprint density at radius 1 is 1.21 bits per heavy atom. The van der Waals surface area contributed by atoms with Crippen LogP contribution in [0.3, 0.4) is 0 Å². The van der Waals surface area contributed by atoms with Crippen molar-refractivity contribution in [2.24, 2.45) is 0 Å². The monoisotopic (exact) mass is 366 g/mol. The number of carboxylic acid groups (broad SMARTS) is 1. The van der Waals surface area contributed by atoms with Gasteiger partial charge in [-0.2, -0.15) is 17.5 Å². The molecule has 1 atom stereocenters. The third-order valence-electron chi connectivity index (χ3n) is 3.98. The van der Waals surface area contributed by atoms with E-state index in [0.29, 0.717) is 6.07 Å². The van der Waals surface area contributed by atoms with Gasteiger partial charge in [-0.1, -0.05) is 6.07 Å². The molecule has 0 unspecified atom stereocenters. The Labute approximate surface area is 137 Å². The standard InChI is InChI=1S/C14H17F3N2O4S/c1-10(13(20)21)18-5-7-19(8-6-18)24(22,23)12-4-2-3-11(9-12)14(15,16)17/h2-4,9-10H,5-8H2,1H3,(H,20,21)/t10-/m0/s1. The molecule has 1 aliphatic rings. The molecule has 0 radical (unpaired) electrons. The number of halogens is 3. The summed E-state index contributed by atoms with van der Waals surface area (Å²) in [5, 5.41) is 8.96. The van der Waals surface area contributed by atoms with E-state index in [1.54, 1.807) is 4.90 Å². The van der Waals surface area contributed by atoms with Gasteiger partial charge in [-0.25, -0.2) is 8.42 Å². The van der Waals surface area contributed by atoms with E-state index in [2.05, 4.69) is 0 Å². The fraction of sp³-hybridized carbons (Fsp3) is 0.500. The van der Waals surface area contributed by atoms with Gasteiger partial charge >= 0.3 is 12.1 Å². The molecule has 0 bridgehead atoms. The summed E-state index contributed by atoms with van der Waals surface area (Å²) in [5.74, 6) is -1.01. The van der Waals surface area contributed by atoms with Gasteiger partial charge in [0.15, 0.2) is 0 Å². The molecule has 1 aromatic carbocycles.